The molecule has 3 aliphatic heterocycles. The van der Waals surface area contributed by atoms with Crippen LogP contribution in [0.4, 0.5) is 0 Å². The van der Waals surface area contributed by atoms with Crippen molar-refractivity contribution >= 4 is 77.5 Å². The zero-order valence-corrected chi connectivity index (χ0v) is 56.4. The van der Waals surface area contributed by atoms with Gasteiger partial charge in [-0.05, 0) is 13.3 Å². The number of aromatic nitrogens is 6. The van der Waals surface area contributed by atoms with E-state index in [1.54, 1.807) is 17.1 Å². The van der Waals surface area contributed by atoms with Crippen LogP contribution in [0.25, 0.3) is 0 Å². The highest BCUT2D eigenvalue weighted by molar-refractivity contribution is 5.76. The lowest BCUT2D eigenvalue weighted by atomic mass is 9.84. The first kappa shape index (κ1) is 77.9. The number of rotatable bonds is 28. The SMILES string of the molecule is CCc1cn(CCn2cc(CO[C@@H]3O[C@H](COC(C)=O)[C@@H](O[C@H]4O[C@H](COC(C)=O)[C@@H](O[C@H]5O[C@H](C)[C@@H](N(C(C)=O)[C@H]6C=C(COC(C)=O)[C@@H](OC(C)=O)[C@H](OC(C)=O)[C@H]6OC(C)=O)[C@H](OC(C)=O)[C@H]5OC(C)=O)[C@H](OC(C)=O)[C@H]4OC(C)=O)[C@H](OC(C)=O)[C@H]3OC(C)=O)nn2)nn1. The Morgan fingerprint density at radius 2 is 0.816 bits per heavy atom. The van der Waals surface area contributed by atoms with Crippen molar-refractivity contribution in [2.45, 2.75) is 246 Å². The van der Waals surface area contributed by atoms with Crippen LogP contribution >= 0.6 is 0 Å². The fraction of sp³-hybridized carbons (Fsp3) is 0.683. The molecule has 3 fully saturated rings. The normalized spacial score (nSPS) is 28.9. The number of hydrogen-bond donors (Lipinski definition) is 0. The summed E-state index contributed by atoms with van der Waals surface area (Å²) in [6.07, 6.45) is -26.5. The fourth-order valence-corrected chi connectivity index (χ4v) is 11.3. The maximum absolute atomic E-state index is 14.5. The van der Waals surface area contributed by atoms with E-state index in [1.165, 1.54) is 17.7 Å². The summed E-state index contributed by atoms with van der Waals surface area (Å²) in [5.74, 6) is -12.9. The second kappa shape index (κ2) is 35.4. The zero-order chi connectivity index (χ0) is 72.6. The Balaban J connectivity index is 1.45. The largest absolute Gasteiger partial charge is 0.463 e. The molecule has 0 bridgehead atoms. The highest BCUT2D eigenvalue weighted by Crippen LogP contribution is 2.41. The van der Waals surface area contributed by atoms with Gasteiger partial charge in [0.05, 0.1) is 49.8 Å². The molecule has 0 spiro atoms. The maximum atomic E-state index is 14.5. The molecule has 0 saturated carbocycles. The number of hydrogen-bond acceptors (Lipinski definition) is 35. The van der Waals surface area contributed by atoms with Gasteiger partial charge in [0.25, 0.3) is 0 Å². The smallest absolute Gasteiger partial charge is 0.303 e. The average Bonchev–Trinajstić information content (AvgIpc) is 0.778. The summed E-state index contributed by atoms with van der Waals surface area (Å²) in [6.45, 7) is 14.1. The first-order valence-corrected chi connectivity index (χ1v) is 30.8. The van der Waals surface area contributed by atoms with E-state index in [4.69, 9.17) is 85.3 Å². The van der Waals surface area contributed by atoms with E-state index in [-0.39, 0.29) is 11.3 Å². The van der Waals surface area contributed by atoms with E-state index < -0.39 is 220 Å². The number of amides is 1. The van der Waals surface area contributed by atoms with Crippen LogP contribution in [-0.4, -0.2) is 249 Å². The molecule has 5 heterocycles. The number of nitrogens with zero attached hydrogens (tertiary/aromatic N) is 7. The molecule has 2 aromatic rings. The van der Waals surface area contributed by atoms with E-state index in [2.05, 4.69) is 20.6 Å². The molecule has 0 N–H and O–H groups in total. The molecular formula is C60H81N7O31. The van der Waals surface area contributed by atoms with Gasteiger partial charge in [-0.3, -0.25) is 71.7 Å². The van der Waals surface area contributed by atoms with Gasteiger partial charge in [0.15, 0.2) is 73.8 Å². The van der Waals surface area contributed by atoms with E-state index in [1.807, 2.05) is 6.92 Å². The van der Waals surface area contributed by atoms with Crippen LogP contribution in [0, 0.1) is 0 Å². The van der Waals surface area contributed by atoms with Gasteiger partial charge in [-0.2, -0.15) is 0 Å². The topological polar surface area (TPSA) is 453 Å². The number of esters is 12. The van der Waals surface area contributed by atoms with Crippen LogP contribution in [0.1, 0.15) is 115 Å². The van der Waals surface area contributed by atoms with Gasteiger partial charge in [-0.25, -0.2) is 0 Å². The van der Waals surface area contributed by atoms with Crippen molar-refractivity contribution in [3.8, 4) is 0 Å². The van der Waals surface area contributed by atoms with Crippen molar-refractivity contribution in [1.82, 2.24) is 34.9 Å². The lowest BCUT2D eigenvalue weighted by Crippen LogP contribution is -2.71. The standard InChI is InChI=1S/C60H81N7O31/c1-16-41-20-65(63-61-41)17-18-66-21-42(62-64-66)23-84-58-56(93-38(14)79)53(90-35(11)76)49(44(95-58)24-82-29(5)70)98-60-57(94-39(15)80)54(91-36(12)77)50(45(96-60)25-83-30(6)71)97-59-55(92-37(13)78)51(88-33(9)74)46(26(2)85-59)67(27(3)68)43-19-40(22-81-28(4)69)47(86-31(7)72)52(89-34(10)75)48(43)87-32(8)73/h19-21,26,43-60H,16-18,22-25H2,1-15H3/t26-,43+,44-,45-,46-,47-,48+,49-,50-,51+,52+,53+,54+,55-,56-,57-,58-,59-,60-/m1/s1. The first-order chi connectivity index (χ1) is 46.1. The fourth-order valence-electron chi connectivity index (χ4n) is 11.3. The monoisotopic (exact) mass is 1400 g/mol. The Morgan fingerprint density at radius 1 is 0.429 bits per heavy atom. The molecular weight excluding hydrogens is 1310 g/mol. The molecule has 542 valence electrons. The summed E-state index contributed by atoms with van der Waals surface area (Å²) in [5, 5.41) is 16.4. The summed E-state index contributed by atoms with van der Waals surface area (Å²) < 4.78 is 110. The summed E-state index contributed by atoms with van der Waals surface area (Å²) in [5.41, 5.74) is 0.897. The zero-order valence-electron chi connectivity index (χ0n) is 56.4. The molecule has 4 aliphatic rings. The van der Waals surface area contributed by atoms with Gasteiger partial charge in [0.2, 0.25) is 5.91 Å². The predicted octanol–water partition coefficient (Wildman–Crippen LogP) is -0.786. The second-order valence-corrected chi connectivity index (χ2v) is 22.8. The lowest BCUT2D eigenvalue weighted by molar-refractivity contribution is -0.378. The number of carbonyl (C=O) groups excluding carboxylic acids is 13. The molecule has 1 amide bonds. The minimum Gasteiger partial charge on any atom is -0.463 e. The van der Waals surface area contributed by atoms with E-state index >= 15 is 0 Å². The van der Waals surface area contributed by atoms with Crippen molar-refractivity contribution < 1.29 is 148 Å². The van der Waals surface area contributed by atoms with Crippen LogP contribution in [0.3, 0.4) is 0 Å². The van der Waals surface area contributed by atoms with Gasteiger partial charge >= 0.3 is 71.6 Å². The molecule has 2 aromatic heterocycles. The minimum atomic E-state index is -2.12. The van der Waals surface area contributed by atoms with Gasteiger partial charge < -0.3 is 90.2 Å². The number of ether oxygens (including phenoxy) is 18. The van der Waals surface area contributed by atoms with Crippen LogP contribution in [-0.2, 0) is 174 Å². The summed E-state index contributed by atoms with van der Waals surface area (Å²) in [7, 11) is 0. The molecule has 98 heavy (non-hydrogen) atoms. The predicted molar refractivity (Wildman–Crippen MR) is 314 cm³/mol. The van der Waals surface area contributed by atoms with Crippen LogP contribution in [0.15, 0.2) is 24.0 Å². The van der Waals surface area contributed by atoms with Crippen LogP contribution in [0.5, 0.6) is 0 Å². The molecule has 19 atom stereocenters. The molecule has 1 aliphatic carbocycles. The molecule has 38 heteroatoms. The Bertz CT molecular complexity index is 3260. The first-order valence-electron chi connectivity index (χ1n) is 30.8. The molecule has 0 unspecified atom stereocenters. The van der Waals surface area contributed by atoms with Crippen molar-refractivity contribution in [3.63, 3.8) is 0 Å². The van der Waals surface area contributed by atoms with Crippen molar-refractivity contribution in [3.05, 3.63) is 35.4 Å². The molecule has 6 rings (SSSR count). The van der Waals surface area contributed by atoms with Gasteiger partial charge in [0, 0.05) is 102 Å². The Labute approximate surface area is 560 Å². The third-order valence-electron chi connectivity index (χ3n) is 14.8. The number of aryl methyl sites for hydroxylation is 3. The summed E-state index contributed by atoms with van der Waals surface area (Å²) in [4.78, 5) is 172. The lowest BCUT2D eigenvalue weighted by Gasteiger charge is -2.53. The van der Waals surface area contributed by atoms with Gasteiger partial charge in [-0.1, -0.05) is 23.4 Å². The van der Waals surface area contributed by atoms with Crippen molar-refractivity contribution in [2.24, 2.45) is 0 Å². The quantitative estimate of drug-likeness (QED) is 0.0572. The van der Waals surface area contributed by atoms with E-state index in [0.717, 1.165) is 101 Å². The van der Waals surface area contributed by atoms with Crippen molar-refractivity contribution in [2.75, 3.05) is 19.8 Å². The highest BCUT2D eigenvalue weighted by atomic mass is 16.8. The highest BCUT2D eigenvalue weighted by Gasteiger charge is 2.61. The molecule has 38 nitrogen and oxygen atoms in total. The second-order valence-electron chi connectivity index (χ2n) is 22.8. The van der Waals surface area contributed by atoms with Gasteiger partial charge in [0.1, 0.15) is 49.9 Å². The molecule has 0 radical (unpaired) electrons. The van der Waals surface area contributed by atoms with Crippen LogP contribution < -0.4 is 0 Å². The maximum Gasteiger partial charge on any atom is 0.303 e. The van der Waals surface area contributed by atoms with Crippen LogP contribution in [0.2, 0.25) is 0 Å². The Morgan fingerprint density at radius 3 is 1.26 bits per heavy atom. The number of carbonyl (C=O) groups is 13. The summed E-state index contributed by atoms with van der Waals surface area (Å²) in [6, 6.07) is -3.38. The van der Waals surface area contributed by atoms with Gasteiger partial charge in [-0.15, -0.1) is 10.2 Å². The minimum absolute atomic E-state index is 0.110. The Hall–Kier alpha value is -9.11. The Kier molecular flexibility index (Phi) is 28.1. The molecule has 0 aromatic carbocycles. The third-order valence-corrected chi connectivity index (χ3v) is 14.8. The third kappa shape index (κ3) is 21.7. The summed E-state index contributed by atoms with van der Waals surface area (Å²) >= 11 is 0. The van der Waals surface area contributed by atoms with E-state index in [9.17, 15) is 62.3 Å². The molecule has 3 saturated heterocycles. The average molecular weight is 1400 g/mol. The van der Waals surface area contributed by atoms with E-state index in [0.29, 0.717) is 19.5 Å². The van der Waals surface area contributed by atoms with Crippen molar-refractivity contribution in [1.29, 1.82) is 0 Å².